The minimum Gasteiger partial charge on any atom is -0.449 e. The number of hydrogen-bond donors (Lipinski definition) is 0. The lowest BCUT2D eigenvalue weighted by Gasteiger charge is -1.98. The van der Waals surface area contributed by atoms with Crippen molar-refractivity contribution in [2.75, 3.05) is 17.5 Å². The smallest absolute Gasteiger partial charge is 0.317 e. The quantitative estimate of drug-likeness (QED) is 0.503. The van der Waals surface area contributed by atoms with Gasteiger partial charge in [0.15, 0.2) is 15.8 Å². The van der Waals surface area contributed by atoms with Crippen LogP contribution in [0.4, 0.5) is 0 Å². The normalized spacial score (nSPS) is 11.0. The molecule has 0 fully saturated rings. The van der Waals surface area contributed by atoms with Gasteiger partial charge in [0.05, 0.1) is 0 Å². The molecule has 0 atom stereocenters. The molecule has 0 aliphatic heterocycles. The molecule has 0 saturated carbocycles. The van der Waals surface area contributed by atoms with Crippen LogP contribution in [0.5, 0.6) is 0 Å². The summed E-state index contributed by atoms with van der Waals surface area (Å²) in [5.41, 5.74) is 0. The van der Waals surface area contributed by atoms with E-state index in [1.165, 1.54) is 0 Å². The fraction of sp³-hybridized carbons (Fsp3) is 0.750. The number of halogens is 1. The zero-order valence-corrected chi connectivity index (χ0v) is 7.74. The molecule has 0 aromatic carbocycles. The first-order valence-electron chi connectivity index (χ1n) is 2.35. The maximum atomic E-state index is 10.4. The third-order valence-electron chi connectivity index (χ3n) is 0.543. The highest BCUT2D eigenvalue weighted by atomic mass is 79.9. The van der Waals surface area contributed by atoms with E-state index in [1.807, 2.05) is 0 Å². The van der Waals surface area contributed by atoms with Crippen LogP contribution in [0, 0.1) is 0 Å². The van der Waals surface area contributed by atoms with E-state index in [-0.39, 0.29) is 5.33 Å². The number of sulfone groups is 1. The molecule has 0 saturated heterocycles. The summed E-state index contributed by atoms with van der Waals surface area (Å²) in [5.74, 6) is -1.12. The molecule has 0 unspecified atom stereocenters. The van der Waals surface area contributed by atoms with E-state index >= 15 is 0 Å². The van der Waals surface area contributed by atoms with Crippen LogP contribution in [0.25, 0.3) is 0 Å². The molecule has 0 radical (unpaired) electrons. The van der Waals surface area contributed by atoms with E-state index < -0.39 is 21.7 Å². The lowest BCUT2D eigenvalue weighted by atomic mass is 10.8. The summed E-state index contributed by atoms with van der Waals surface area (Å²) in [6, 6.07) is 0. The van der Waals surface area contributed by atoms with Crippen molar-refractivity contribution in [3.8, 4) is 0 Å². The van der Waals surface area contributed by atoms with E-state index in [2.05, 4.69) is 20.7 Å². The van der Waals surface area contributed by atoms with Crippen molar-refractivity contribution in [2.24, 2.45) is 0 Å². The molecule has 0 heterocycles. The van der Waals surface area contributed by atoms with Crippen molar-refractivity contribution in [3.63, 3.8) is 0 Å². The van der Waals surface area contributed by atoms with Crippen LogP contribution >= 0.6 is 15.9 Å². The third-order valence-corrected chi connectivity index (χ3v) is 1.55. The van der Waals surface area contributed by atoms with Gasteiger partial charge in [-0.25, -0.2) is 8.42 Å². The molecule has 0 aliphatic carbocycles. The Kier molecular flexibility index (Phi) is 3.88. The Morgan fingerprint density at radius 2 is 2.10 bits per heavy atom. The van der Waals surface area contributed by atoms with Gasteiger partial charge in [0.25, 0.3) is 0 Å². The van der Waals surface area contributed by atoms with Gasteiger partial charge in [0, 0.05) is 6.26 Å². The highest BCUT2D eigenvalue weighted by molar-refractivity contribution is 9.09. The topological polar surface area (TPSA) is 60.4 Å². The highest BCUT2D eigenvalue weighted by Gasteiger charge is 2.05. The zero-order valence-electron chi connectivity index (χ0n) is 5.33. The molecule has 6 heteroatoms. The number of esters is 1. The van der Waals surface area contributed by atoms with Gasteiger partial charge in [-0.2, -0.15) is 0 Å². The molecule has 0 spiro atoms. The molecular formula is C4H7BrO4S. The Hall–Kier alpha value is -0.100. The first-order chi connectivity index (χ1) is 4.45. The summed E-state index contributed by atoms with van der Waals surface area (Å²) in [7, 11) is -3.19. The molecule has 10 heavy (non-hydrogen) atoms. The molecule has 0 aliphatic rings. The Bertz CT molecular complexity index is 207. The number of ether oxygens (including phenoxy) is 1. The fourth-order valence-corrected chi connectivity index (χ4v) is 0.719. The molecule has 60 valence electrons. The van der Waals surface area contributed by atoms with Crippen molar-refractivity contribution in [3.05, 3.63) is 0 Å². The summed E-state index contributed by atoms with van der Waals surface area (Å²) in [6.07, 6.45) is 0.995. The monoisotopic (exact) mass is 230 g/mol. The minimum atomic E-state index is -3.19. The first kappa shape index (κ1) is 9.90. The summed E-state index contributed by atoms with van der Waals surface area (Å²) in [4.78, 5) is 10.3. The number of rotatable bonds is 3. The third kappa shape index (κ3) is 6.03. The van der Waals surface area contributed by atoms with Crippen molar-refractivity contribution in [2.45, 2.75) is 0 Å². The first-order valence-corrected chi connectivity index (χ1v) is 5.53. The highest BCUT2D eigenvalue weighted by Crippen LogP contribution is 1.89. The van der Waals surface area contributed by atoms with Gasteiger partial charge in [0.2, 0.25) is 0 Å². The van der Waals surface area contributed by atoms with Crippen LogP contribution in [0.15, 0.2) is 0 Å². The van der Waals surface area contributed by atoms with Gasteiger partial charge < -0.3 is 4.74 Å². The number of carbonyl (C=O) groups excluding carboxylic acids is 1. The van der Waals surface area contributed by atoms with Gasteiger partial charge in [-0.15, -0.1) is 0 Å². The Balaban J connectivity index is 3.67. The Labute approximate surface area is 67.6 Å². The number of hydrogen-bond acceptors (Lipinski definition) is 4. The van der Waals surface area contributed by atoms with E-state index in [4.69, 9.17) is 0 Å². The van der Waals surface area contributed by atoms with Crippen LogP contribution < -0.4 is 0 Å². The molecule has 0 bridgehead atoms. The van der Waals surface area contributed by atoms with Crippen LogP contribution in [-0.2, 0) is 19.4 Å². The van der Waals surface area contributed by atoms with Crippen LogP contribution in [0.3, 0.4) is 0 Å². The molecule has 0 aromatic heterocycles. The van der Waals surface area contributed by atoms with Crippen molar-refractivity contribution in [1.29, 1.82) is 0 Å². The van der Waals surface area contributed by atoms with E-state index in [0.717, 1.165) is 6.26 Å². The van der Waals surface area contributed by atoms with Crippen molar-refractivity contribution < 1.29 is 17.9 Å². The van der Waals surface area contributed by atoms with E-state index in [9.17, 15) is 13.2 Å². The number of carbonyl (C=O) groups is 1. The molecule has 0 rings (SSSR count). The van der Waals surface area contributed by atoms with Gasteiger partial charge in [0.1, 0.15) is 5.33 Å². The molecular weight excluding hydrogens is 224 g/mol. The number of alkyl halides is 1. The van der Waals surface area contributed by atoms with E-state index in [0.29, 0.717) is 0 Å². The van der Waals surface area contributed by atoms with Crippen molar-refractivity contribution in [1.82, 2.24) is 0 Å². The van der Waals surface area contributed by atoms with Gasteiger partial charge in [-0.05, 0) is 0 Å². The van der Waals surface area contributed by atoms with E-state index in [1.54, 1.807) is 0 Å². The predicted molar refractivity (Wildman–Crippen MR) is 39.6 cm³/mol. The molecule has 4 nitrogen and oxygen atoms in total. The fourth-order valence-electron chi connectivity index (χ4n) is 0.211. The predicted octanol–water partition coefficient (Wildman–Crippen LogP) is -0.0734. The summed E-state index contributed by atoms with van der Waals surface area (Å²) in [6.45, 7) is 0. The van der Waals surface area contributed by atoms with Gasteiger partial charge in [-0.1, -0.05) is 15.9 Å². The lowest BCUT2D eigenvalue weighted by molar-refractivity contribution is -0.138. The average molecular weight is 231 g/mol. The summed E-state index contributed by atoms with van der Waals surface area (Å²) in [5, 5.41) is 0.0164. The van der Waals surface area contributed by atoms with Gasteiger partial charge in [-0.3, -0.25) is 4.79 Å². The van der Waals surface area contributed by atoms with Crippen molar-refractivity contribution >= 4 is 31.7 Å². The minimum absolute atomic E-state index is 0.0164. The largest absolute Gasteiger partial charge is 0.449 e. The Morgan fingerprint density at radius 3 is 2.40 bits per heavy atom. The molecule has 0 aromatic rings. The average Bonchev–Trinajstić information content (AvgIpc) is 1.81. The second kappa shape index (κ2) is 3.92. The summed E-state index contributed by atoms with van der Waals surface area (Å²) >= 11 is 2.81. The molecule has 0 amide bonds. The SMILES string of the molecule is CS(=O)(=O)COC(=O)CBr. The van der Waals surface area contributed by atoms with Gasteiger partial charge >= 0.3 is 5.97 Å². The summed E-state index contributed by atoms with van der Waals surface area (Å²) < 4.78 is 25.0. The zero-order chi connectivity index (χ0) is 8.20. The van der Waals surface area contributed by atoms with Crippen LogP contribution in [0.2, 0.25) is 0 Å². The maximum absolute atomic E-state index is 10.4. The second-order valence-electron chi connectivity index (χ2n) is 1.69. The maximum Gasteiger partial charge on any atom is 0.317 e. The van der Waals surface area contributed by atoms with Crippen LogP contribution in [-0.4, -0.2) is 31.9 Å². The standard InChI is InChI=1S/C4H7BrO4S/c1-10(7,8)3-9-4(6)2-5/h2-3H2,1H3. The molecule has 0 N–H and O–H groups in total. The van der Waals surface area contributed by atoms with Crippen LogP contribution in [0.1, 0.15) is 0 Å². The lowest BCUT2D eigenvalue weighted by Crippen LogP contribution is -2.13. The second-order valence-corrected chi connectivity index (χ2v) is 4.34. The Morgan fingerprint density at radius 1 is 1.60 bits per heavy atom.